The van der Waals surface area contributed by atoms with Gasteiger partial charge in [-0.05, 0) is 36.6 Å². The lowest BCUT2D eigenvalue weighted by Crippen LogP contribution is -2.36. The zero-order valence-corrected chi connectivity index (χ0v) is 20.3. The quantitative estimate of drug-likeness (QED) is 0.419. The summed E-state index contributed by atoms with van der Waals surface area (Å²) in [7, 11) is 0. The monoisotopic (exact) mass is 511 g/mol. The molecule has 180 valence electrons. The summed E-state index contributed by atoms with van der Waals surface area (Å²) >= 11 is 13.5. The Kier molecular flexibility index (Phi) is 5.67. The molecule has 2 aromatic heterocycles. The highest BCUT2D eigenvalue weighted by molar-refractivity contribution is 6.42. The first kappa shape index (κ1) is 22.4. The summed E-state index contributed by atoms with van der Waals surface area (Å²) in [4.78, 5) is 19.0. The van der Waals surface area contributed by atoms with Gasteiger partial charge in [0.15, 0.2) is 6.04 Å². The number of ether oxygens (including phenoxy) is 1. The number of imidazole rings is 1. The van der Waals surface area contributed by atoms with Gasteiger partial charge in [0.2, 0.25) is 0 Å². The topological polar surface area (TPSA) is 85.4 Å². The molecule has 2 aliphatic heterocycles. The fourth-order valence-electron chi connectivity index (χ4n) is 5.03. The average Bonchev–Trinajstić information content (AvgIpc) is 3.60. The molecule has 35 heavy (non-hydrogen) atoms. The normalized spacial score (nSPS) is 16.6. The van der Waals surface area contributed by atoms with Crippen LogP contribution in [-0.4, -0.2) is 56.7 Å². The van der Waals surface area contributed by atoms with Crippen LogP contribution in [0, 0.1) is 0 Å². The van der Waals surface area contributed by atoms with Crippen molar-refractivity contribution in [1.82, 2.24) is 19.3 Å². The molecule has 0 radical (unpaired) electrons. The van der Waals surface area contributed by atoms with Crippen molar-refractivity contribution in [2.24, 2.45) is 0 Å². The van der Waals surface area contributed by atoms with Gasteiger partial charge in [0, 0.05) is 48.2 Å². The molecule has 0 bridgehead atoms. The second-order valence-corrected chi connectivity index (χ2v) is 9.64. The van der Waals surface area contributed by atoms with Crippen molar-refractivity contribution in [1.29, 1.82) is 0 Å². The number of morpholine rings is 1. The number of carbonyl (C=O) groups is 1. The van der Waals surface area contributed by atoms with Crippen molar-refractivity contribution in [2.45, 2.75) is 25.4 Å². The summed E-state index contributed by atoms with van der Waals surface area (Å²) in [6.45, 7) is 4.02. The molecular formula is C25H23Cl2N5O3. The predicted molar refractivity (Wildman–Crippen MR) is 135 cm³/mol. The predicted octanol–water partition coefficient (Wildman–Crippen LogP) is 4.66. The summed E-state index contributed by atoms with van der Waals surface area (Å²) in [6.07, 6.45) is 5.12. The van der Waals surface area contributed by atoms with E-state index in [1.54, 1.807) is 12.5 Å². The van der Waals surface area contributed by atoms with Crippen LogP contribution in [0.3, 0.4) is 0 Å². The number of rotatable bonds is 5. The molecule has 2 aromatic carbocycles. The third-order valence-electron chi connectivity index (χ3n) is 6.81. The molecule has 1 saturated heterocycles. The van der Waals surface area contributed by atoms with Crippen LogP contribution in [0.2, 0.25) is 10.0 Å². The Morgan fingerprint density at radius 3 is 2.63 bits per heavy atom. The zero-order valence-electron chi connectivity index (χ0n) is 18.8. The Bertz CT molecular complexity index is 1420. The molecule has 0 spiro atoms. The number of benzene rings is 2. The summed E-state index contributed by atoms with van der Waals surface area (Å²) in [5, 5.41) is 16.2. The highest BCUT2D eigenvalue weighted by Gasteiger charge is 2.31. The fourth-order valence-corrected chi connectivity index (χ4v) is 5.58. The van der Waals surface area contributed by atoms with Crippen LogP contribution in [0.5, 0.6) is 0 Å². The number of anilines is 1. The standard InChI is InChI=1S/C25H23Cl2N5O3/c26-19-12-17(15-3-5-16(6-4-15)30-8-10-35-11-9-30)21(27)22-18(19)13-32(29-22)24(25(33)34)23-20-2-1-7-31(20)14-28-23/h3-6,12-14,24H,1-2,7-11H2,(H,33,34). The maximum atomic E-state index is 12.3. The largest absolute Gasteiger partial charge is 0.479 e. The molecular weight excluding hydrogens is 489 g/mol. The minimum Gasteiger partial charge on any atom is -0.479 e. The van der Waals surface area contributed by atoms with Gasteiger partial charge in [-0.2, -0.15) is 5.10 Å². The van der Waals surface area contributed by atoms with Gasteiger partial charge in [0.05, 0.1) is 35.3 Å². The van der Waals surface area contributed by atoms with E-state index in [-0.39, 0.29) is 0 Å². The Morgan fingerprint density at radius 1 is 1.11 bits per heavy atom. The van der Waals surface area contributed by atoms with Crippen molar-refractivity contribution in [2.75, 3.05) is 31.2 Å². The minimum atomic E-state index is -1.06. The lowest BCUT2D eigenvalue weighted by Gasteiger charge is -2.29. The number of fused-ring (bicyclic) bond motifs is 2. The second-order valence-electron chi connectivity index (χ2n) is 8.85. The Labute approximate surface area is 211 Å². The summed E-state index contributed by atoms with van der Waals surface area (Å²) in [5.41, 5.74) is 4.70. The van der Waals surface area contributed by atoms with E-state index in [4.69, 9.17) is 27.9 Å². The van der Waals surface area contributed by atoms with Gasteiger partial charge in [0.25, 0.3) is 0 Å². The molecule has 1 unspecified atom stereocenters. The zero-order chi connectivity index (χ0) is 24.1. The summed E-state index contributed by atoms with van der Waals surface area (Å²) < 4.78 is 8.86. The molecule has 1 atom stereocenters. The molecule has 0 amide bonds. The van der Waals surface area contributed by atoms with E-state index in [2.05, 4.69) is 27.1 Å². The molecule has 4 aromatic rings. The lowest BCUT2D eigenvalue weighted by molar-refractivity contribution is -0.139. The number of aliphatic carboxylic acids is 1. The van der Waals surface area contributed by atoms with Crippen LogP contribution in [0.1, 0.15) is 23.9 Å². The van der Waals surface area contributed by atoms with Gasteiger partial charge in [-0.1, -0.05) is 35.3 Å². The van der Waals surface area contributed by atoms with Crippen molar-refractivity contribution in [3.05, 3.63) is 64.3 Å². The minimum absolute atomic E-state index is 0.432. The summed E-state index contributed by atoms with van der Waals surface area (Å²) in [6, 6.07) is 8.91. The number of aryl methyl sites for hydroxylation is 1. The highest BCUT2D eigenvalue weighted by Crippen LogP contribution is 2.39. The van der Waals surface area contributed by atoms with Crippen LogP contribution < -0.4 is 4.90 Å². The van der Waals surface area contributed by atoms with Gasteiger partial charge >= 0.3 is 5.97 Å². The molecule has 2 aliphatic rings. The van der Waals surface area contributed by atoms with Crippen LogP contribution in [0.25, 0.3) is 22.0 Å². The smallest absolute Gasteiger partial charge is 0.334 e. The molecule has 6 rings (SSSR count). The van der Waals surface area contributed by atoms with E-state index in [0.717, 1.165) is 68.2 Å². The highest BCUT2D eigenvalue weighted by atomic mass is 35.5. The van der Waals surface area contributed by atoms with Crippen molar-refractivity contribution in [3.8, 4) is 11.1 Å². The van der Waals surface area contributed by atoms with Crippen molar-refractivity contribution < 1.29 is 14.6 Å². The van der Waals surface area contributed by atoms with E-state index in [0.29, 0.717) is 26.6 Å². The maximum Gasteiger partial charge on any atom is 0.334 e. The van der Waals surface area contributed by atoms with Crippen LogP contribution in [0.15, 0.2) is 42.9 Å². The van der Waals surface area contributed by atoms with Gasteiger partial charge in [0.1, 0.15) is 5.52 Å². The van der Waals surface area contributed by atoms with E-state index < -0.39 is 12.0 Å². The van der Waals surface area contributed by atoms with Crippen LogP contribution in [-0.2, 0) is 22.5 Å². The Morgan fingerprint density at radius 2 is 1.89 bits per heavy atom. The average molecular weight is 512 g/mol. The Balaban J connectivity index is 1.39. The van der Waals surface area contributed by atoms with Gasteiger partial charge in [-0.25, -0.2) is 9.78 Å². The van der Waals surface area contributed by atoms with Crippen molar-refractivity contribution in [3.63, 3.8) is 0 Å². The lowest BCUT2D eigenvalue weighted by atomic mass is 10.0. The molecule has 0 aliphatic carbocycles. The number of carboxylic acids is 1. The SMILES string of the molecule is O=C(O)C(c1ncn2c1CCC2)n1cc2c(Cl)cc(-c3ccc(N4CCOCC4)cc3)c(Cl)c2n1. The summed E-state index contributed by atoms with van der Waals surface area (Å²) in [5.74, 6) is -1.03. The molecule has 1 fully saturated rings. The number of aromatic nitrogens is 4. The Hall–Kier alpha value is -3.07. The second kappa shape index (κ2) is 8.86. The molecule has 10 heteroatoms. The van der Waals surface area contributed by atoms with Crippen LogP contribution in [0.4, 0.5) is 5.69 Å². The molecule has 1 N–H and O–H groups in total. The van der Waals surface area contributed by atoms with Gasteiger partial charge in [-0.3, -0.25) is 4.68 Å². The number of hydrogen-bond donors (Lipinski definition) is 1. The number of carboxylic acid groups (broad SMARTS) is 1. The maximum absolute atomic E-state index is 12.3. The van der Waals surface area contributed by atoms with Crippen LogP contribution >= 0.6 is 23.2 Å². The van der Waals surface area contributed by atoms with E-state index >= 15 is 0 Å². The number of nitrogens with zero attached hydrogens (tertiary/aromatic N) is 5. The van der Waals surface area contributed by atoms with Gasteiger partial charge < -0.3 is 19.3 Å². The fraction of sp³-hybridized carbons (Fsp3) is 0.320. The number of hydrogen-bond acceptors (Lipinski definition) is 5. The first-order chi connectivity index (χ1) is 17.0. The first-order valence-electron chi connectivity index (χ1n) is 11.6. The third-order valence-corrected chi connectivity index (χ3v) is 7.50. The first-order valence-corrected chi connectivity index (χ1v) is 12.3. The van der Waals surface area contributed by atoms with Crippen molar-refractivity contribution >= 4 is 45.8 Å². The van der Waals surface area contributed by atoms with E-state index in [9.17, 15) is 9.90 Å². The molecule has 8 nitrogen and oxygen atoms in total. The van der Waals surface area contributed by atoms with Gasteiger partial charge in [-0.15, -0.1) is 0 Å². The van der Waals surface area contributed by atoms with E-state index in [1.807, 2.05) is 22.8 Å². The molecule has 4 heterocycles. The number of halogens is 2. The third kappa shape index (κ3) is 3.86. The molecule has 0 saturated carbocycles. The van der Waals surface area contributed by atoms with E-state index in [1.165, 1.54) is 4.68 Å².